The van der Waals surface area contributed by atoms with Gasteiger partial charge in [-0.05, 0) is 18.9 Å². The Balaban J connectivity index is 2.77. The maximum atomic E-state index is 10.5. The molecule has 1 aliphatic heterocycles. The zero-order valence-electron chi connectivity index (χ0n) is 10.3. The predicted molar refractivity (Wildman–Crippen MR) is 63.1 cm³/mol. The van der Waals surface area contributed by atoms with E-state index in [0.717, 1.165) is 32.0 Å². The molecule has 0 spiro atoms. The topological polar surface area (TPSA) is 35.5 Å². The summed E-state index contributed by atoms with van der Waals surface area (Å²) in [7, 11) is 0. The molecule has 92 valence electrons. The van der Waals surface area contributed by atoms with Crippen LogP contribution in [0.2, 0.25) is 0 Å². The average Bonchev–Trinajstić information content (AvgIpc) is 2.84. The number of unbranched alkanes of at least 4 members (excludes halogenated alkanes) is 1. The lowest BCUT2D eigenvalue weighted by molar-refractivity contribution is -0.119. The fraction of sp³-hybridized carbons (Fsp3) is 0.769. The molecule has 1 aliphatic rings. The Morgan fingerprint density at radius 1 is 1.31 bits per heavy atom. The second-order valence-electron chi connectivity index (χ2n) is 4.26. The van der Waals surface area contributed by atoms with Gasteiger partial charge in [-0.2, -0.15) is 0 Å². The molecule has 0 aromatic rings. The molecule has 0 unspecified atom stereocenters. The van der Waals surface area contributed by atoms with E-state index in [1.54, 1.807) is 6.08 Å². The van der Waals surface area contributed by atoms with Gasteiger partial charge in [0.25, 0.3) is 0 Å². The molecule has 16 heavy (non-hydrogen) atoms. The first-order valence-electron chi connectivity index (χ1n) is 6.15. The lowest BCUT2D eigenvalue weighted by Crippen LogP contribution is -2.34. The van der Waals surface area contributed by atoms with Crippen LogP contribution in [0.25, 0.3) is 0 Å². The van der Waals surface area contributed by atoms with Crippen LogP contribution in [0, 0.1) is 5.41 Å². The summed E-state index contributed by atoms with van der Waals surface area (Å²) in [5.74, 6) is 0. The molecule has 0 saturated carbocycles. The molecule has 0 aliphatic carbocycles. The Morgan fingerprint density at radius 3 is 2.50 bits per heavy atom. The van der Waals surface area contributed by atoms with Crippen LogP contribution in [-0.2, 0) is 14.3 Å². The van der Waals surface area contributed by atoms with Crippen molar-refractivity contribution in [2.24, 2.45) is 5.41 Å². The largest absolute Gasteiger partial charge is 0.349 e. The number of rotatable bonds is 7. The lowest BCUT2D eigenvalue weighted by Gasteiger charge is -2.34. The summed E-state index contributed by atoms with van der Waals surface area (Å²) < 4.78 is 11.2. The van der Waals surface area contributed by atoms with Gasteiger partial charge in [0.05, 0.1) is 13.2 Å². The highest BCUT2D eigenvalue weighted by Crippen LogP contribution is 2.38. The van der Waals surface area contributed by atoms with E-state index in [1.807, 2.05) is 6.08 Å². The first-order chi connectivity index (χ1) is 7.79. The van der Waals surface area contributed by atoms with Crippen molar-refractivity contribution in [3.8, 4) is 0 Å². The molecule has 0 aromatic carbocycles. The molecular formula is C13H22O3. The van der Waals surface area contributed by atoms with Crippen molar-refractivity contribution < 1.29 is 14.3 Å². The maximum Gasteiger partial charge on any atom is 0.166 e. The van der Waals surface area contributed by atoms with Crippen molar-refractivity contribution in [3.63, 3.8) is 0 Å². The smallest absolute Gasteiger partial charge is 0.166 e. The molecule has 1 heterocycles. The second-order valence-corrected chi connectivity index (χ2v) is 4.26. The molecule has 1 saturated heterocycles. The number of ether oxygens (including phenoxy) is 2. The highest BCUT2D eigenvalue weighted by molar-refractivity contribution is 5.64. The van der Waals surface area contributed by atoms with Crippen molar-refractivity contribution >= 4 is 6.29 Å². The number of allylic oxidation sites excluding steroid dienone is 1. The monoisotopic (exact) mass is 226 g/mol. The van der Waals surface area contributed by atoms with Gasteiger partial charge in [-0.3, -0.25) is 4.79 Å². The number of carbonyl (C=O) groups is 1. The van der Waals surface area contributed by atoms with E-state index < -0.39 is 0 Å². The second kappa shape index (κ2) is 6.81. The minimum absolute atomic E-state index is 0.132. The van der Waals surface area contributed by atoms with Crippen LogP contribution >= 0.6 is 0 Å². The molecule has 3 heteroatoms. The molecule has 1 rings (SSSR count). The summed E-state index contributed by atoms with van der Waals surface area (Å²) in [4.78, 5) is 10.5. The molecule has 0 N–H and O–H groups in total. The predicted octanol–water partition coefficient (Wildman–Crippen LogP) is 2.70. The third-order valence-electron chi connectivity index (χ3n) is 3.25. The quantitative estimate of drug-likeness (QED) is 0.494. The Bertz CT molecular complexity index is 231. The maximum absolute atomic E-state index is 10.5. The van der Waals surface area contributed by atoms with Crippen molar-refractivity contribution in [1.29, 1.82) is 0 Å². The number of hydrogen-bond donors (Lipinski definition) is 0. The molecule has 0 bridgehead atoms. The molecule has 0 aromatic heterocycles. The zero-order chi connectivity index (χ0) is 11.9. The molecule has 1 fully saturated rings. The van der Waals surface area contributed by atoms with Crippen LogP contribution in [0.5, 0.6) is 0 Å². The van der Waals surface area contributed by atoms with Gasteiger partial charge in [0.2, 0.25) is 0 Å². The van der Waals surface area contributed by atoms with Crippen LogP contribution in [0.4, 0.5) is 0 Å². The Hall–Kier alpha value is -0.670. The Morgan fingerprint density at radius 2 is 2.00 bits per heavy atom. The molecular weight excluding hydrogens is 204 g/mol. The standard InChI is InChI=1S/C13H22O3/c1-3-5-7-13(4-2,8-6-9-14)12-15-10-11-16-12/h6,8-9,12H,3-5,7,10-11H2,1-2H3/b8-6+/t13-/m1/s1. The first-order valence-corrected chi connectivity index (χ1v) is 6.15. The lowest BCUT2D eigenvalue weighted by atomic mass is 9.79. The van der Waals surface area contributed by atoms with Gasteiger partial charge < -0.3 is 9.47 Å². The normalized spacial score (nSPS) is 21.4. The summed E-state index contributed by atoms with van der Waals surface area (Å²) in [5, 5.41) is 0. The zero-order valence-corrected chi connectivity index (χ0v) is 10.3. The third kappa shape index (κ3) is 3.16. The van der Waals surface area contributed by atoms with Crippen LogP contribution in [0.15, 0.2) is 12.2 Å². The van der Waals surface area contributed by atoms with Gasteiger partial charge >= 0.3 is 0 Å². The van der Waals surface area contributed by atoms with E-state index in [1.165, 1.54) is 0 Å². The van der Waals surface area contributed by atoms with E-state index >= 15 is 0 Å². The van der Waals surface area contributed by atoms with Gasteiger partial charge in [-0.15, -0.1) is 0 Å². The average molecular weight is 226 g/mol. The summed E-state index contributed by atoms with van der Waals surface area (Å²) in [6, 6.07) is 0. The molecule has 1 atom stereocenters. The van der Waals surface area contributed by atoms with E-state index in [2.05, 4.69) is 13.8 Å². The van der Waals surface area contributed by atoms with Crippen LogP contribution in [0.3, 0.4) is 0 Å². The van der Waals surface area contributed by atoms with Gasteiger partial charge in [0, 0.05) is 5.41 Å². The SMILES string of the molecule is CCCC[C@@](/C=C/C=O)(CC)C1OCCO1. The number of hydrogen-bond acceptors (Lipinski definition) is 3. The number of aldehydes is 1. The molecule has 3 nitrogen and oxygen atoms in total. The van der Waals surface area contributed by atoms with E-state index in [0.29, 0.717) is 13.2 Å². The Kier molecular flexibility index (Phi) is 5.71. The van der Waals surface area contributed by atoms with Crippen molar-refractivity contribution in [2.75, 3.05) is 13.2 Å². The van der Waals surface area contributed by atoms with Crippen LogP contribution < -0.4 is 0 Å². The van der Waals surface area contributed by atoms with Gasteiger partial charge in [-0.25, -0.2) is 0 Å². The van der Waals surface area contributed by atoms with E-state index in [9.17, 15) is 4.79 Å². The third-order valence-corrected chi connectivity index (χ3v) is 3.25. The first kappa shape index (κ1) is 13.4. The van der Waals surface area contributed by atoms with Gasteiger partial charge in [0.15, 0.2) is 6.29 Å². The summed E-state index contributed by atoms with van der Waals surface area (Å²) in [6.07, 6.45) is 8.39. The van der Waals surface area contributed by atoms with Gasteiger partial charge in [-0.1, -0.05) is 32.8 Å². The van der Waals surface area contributed by atoms with E-state index in [4.69, 9.17) is 9.47 Å². The van der Waals surface area contributed by atoms with Crippen LogP contribution in [-0.4, -0.2) is 25.8 Å². The summed E-state index contributed by atoms with van der Waals surface area (Å²) >= 11 is 0. The number of carbonyl (C=O) groups excluding carboxylic acids is 1. The van der Waals surface area contributed by atoms with Crippen molar-refractivity contribution in [3.05, 3.63) is 12.2 Å². The minimum Gasteiger partial charge on any atom is -0.349 e. The summed E-state index contributed by atoms with van der Waals surface area (Å²) in [5.41, 5.74) is -0.132. The molecule has 0 radical (unpaired) electrons. The highest BCUT2D eigenvalue weighted by atomic mass is 16.7. The minimum atomic E-state index is -0.180. The van der Waals surface area contributed by atoms with Crippen molar-refractivity contribution in [2.45, 2.75) is 45.8 Å². The molecule has 0 amide bonds. The Labute approximate surface area is 97.8 Å². The van der Waals surface area contributed by atoms with Gasteiger partial charge in [0.1, 0.15) is 6.29 Å². The van der Waals surface area contributed by atoms with Crippen LogP contribution in [0.1, 0.15) is 39.5 Å². The van der Waals surface area contributed by atoms with E-state index in [-0.39, 0.29) is 11.7 Å². The summed E-state index contributed by atoms with van der Waals surface area (Å²) in [6.45, 7) is 5.61. The fourth-order valence-corrected chi connectivity index (χ4v) is 2.17. The fourth-order valence-electron chi connectivity index (χ4n) is 2.17. The highest BCUT2D eigenvalue weighted by Gasteiger charge is 2.38. The van der Waals surface area contributed by atoms with Crippen molar-refractivity contribution in [1.82, 2.24) is 0 Å².